The number of aryl methyl sites for hydroxylation is 1. The first-order chi connectivity index (χ1) is 7.61. The highest BCUT2D eigenvalue weighted by Gasteiger charge is 2.08. The second-order valence-electron chi connectivity index (χ2n) is 3.65. The van der Waals surface area contributed by atoms with Gasteiger partial charge in [-0.25, -0.2) is 4.98 Å². The minimum absolute atomic E-state index is 0.526. The van der Waals surface area contributed by atoms with Gasteiger partial charge in [-0.3, -0.25) is 0 Å². The van der Waals surface area contributed by atoms with Crippen molar-refractivity contribution in [2.24, 2.45) is 0 Å². The molecule has 0 atom stereocenters. The summed E-state index contributed by atoms with van der Waals surface area (Å²) in [7, 11) is 0. The summed E-state index contributed by atoms with van der Waals surface area (Å²) in [4.78, 5) is 4.31. The zero-order chi connectivity index (χ0) is 11.7. The fourth-order valence-corrected chi connectivity index (χ4v) is 2.46. The van der Waals surface area contributed by atoms with Crippen LogP contribution in [0.1, 0.15) is 18.9 Å². The van der Waals surface area contributed by atoms with Gasteiger partial charge in [0.15, 0.2) is 0 Å². The normalized spacial score (nSPS) is 11.0. The van der Waals surface area contributed by atoms with Crippen molar-refractivity contribution in [3.63, 3.8) is 0 Å². The van der Waals surface area contributed by atoms with Crippen LogP contribution in [0.5, 0.6) is 0 Å². The van der Waals surface area contributed by atoms with E-state index in [0.717, 1.165) is 23.8 Å². The molecule has 1 aromatic heterocycles. The molecule has 0 saturated carbocycles. The van der Waals surface area contributed by atoms with Gasteiger partial charge in [-0.15, -0.1) is 0 Å². The molecule has 0 radical (unpaired) electrons. The minimum atomic E-state index is 0.526. The zero-order valence-electron chi connectivity index (χ0n) is 8.73. The average Bonchev–Trinajstić information content (AvgIpc) is 2.21. The fraction of sp³-hybridized carbons (Fsp3) is 0.250. The van der Waals surface area contributed by atoms with Crippen LogP contribution in [0, 0.1) is 0 Å². The van der Waals surface area contributed by atoms with Gasteiger partial charge in [0, 0.05) is 10.4 Å². The van der Waals surface area contributed by atoms with Crippen LogP contribution in [0.3, 0.4) is 0 Å². The Morgan fingerprint density at radius 2 is 1.88 bits per heavy atom. The molecule has 2 aromatic rings. The van der Waals surface area contributed by atoms with Crippen molar-refractivity contribution in [2.75, 3.05) is 0 Å². The van der Waals surface area contributed by atoms with Gasteiger partial charge in [-0.1, -0.05) is 48.1 Å². The Labute approximate surface area is 109 Å². The maximum Gasteiger partial charge on any atom is 0.133 e. The van der Waals surface area contributed by atoms with E-state index in [2.05, 4.69) is 11.9 Å². The van der Waals surface area contributed by atoms with Gasteiger partial charge in [0.25, 0.3) is 0 Å². The van der Waals surface area contributed by atoms with Crippen LogP contribution in [0.15, 0.2) is 18.2 Å². The molecule has 0 saturated heterocycles. The van der Waals surface area contributed by atoms with E-state index in [0.29, 0.717) is 20.7 Å². The van der Waals surface area contributed by atoms with Crippen LogP contribution in [0.25, 0.3) is 10.9 Å². The highest BCUT2D eigenvalue weighted by atomic mass is 35.5. The van der Waals surface area contributed by atoms with E-state index >= 15 is 0 Å². The van der Waals surface area contributed by atoms with Gasteiger partial charge >= 0.3 is 0 Å². The van der Waals surface area contributed by atoms with Gasteiger partial charge < -0.3 is 0 Å². The number of fused-ring (bicyclic) bond motifs is 1. The lowest BCUT2D eigenvalue weighted by Gasteiger charge is -2.06. The SMILES string of the molecule is CCCc1cc2cc(Cl)cc(Cl)c2nc1Cl. The third-order valence-electron chi connectivity index (χ3n) is 2.38. The molecule has 0 aliphatic heterocycles. The number of nitrogens with zero attached hydrogens (tertiary/aromatic N) is 1. The van der Waals surface area contributed by atoms with Crippen molar-refractivity contribution in [3.8, 4) is 0 Å². The molecule has 0 amide bonds. The summed E-state index contributed by atoms with van der Waals surface area (Å²) in [6.45, 7) is 2.10. The van der Waals surface area contributed by atoms with Crippen molar-refractivity contribution in [1.82, 2.24) is 4.98 Å². The first-order valence-electron chi connectivity index (χ1n) is 5.06. The quantitative estimate of drug-likeness (QED) is 0.690. The molecule has 16 heavy (non-hydrogen) atoms. The maximum absolute atomic E-state index is 6.09. The number of hydrogen-bond acceptors (Lipinski definition) is 1. The zero-order valence-corrected chi connectivity index (χ0v) is 11.0. The van der Waals surface area contributed by atoms with Crippen LogP contribution in [-0.4, -0.2) is 4.98 Å². The molecule has 0 bridgehead atoms. The van der Waals surface area contributed by atoms with E-state index in [1.807, 2.05) is 12.1 Å². The van der Waals surface area contributed by atoms with Crippen molar-refractivity contribution in [2.45, 2.75) is 19.8 Å². The number of benzene rings is 1. The molecule has 0 fully saturated rings. The molecule has 0 aliphatic rings. The van der Waals surface area contributed by atoms with E-state index in [9.17, 15) is 0 Å². The van der Waals surface area contributed by atoms with Crippen LogP contribution in [0.4, 0.5) is 0 Å². The Morgan fingerprint density at radius 1 is 1.12 bits per heavy atom. The van der Waals surface area contributed by atoms with Crippen LogP contribution >= 0.6 is 34.8 Å². The maximum atomic E-state index is 6.09. The summed E-state index contributed by atoms with van der Waals surface area (Å²) in [6.07, 6.45) is 1.94. The highest BCUT2D eigenvalue weighted by Crippen LogP contribution is 2.29. The smallest absolute Gasteiger partial charge is 0.133 e. The molecular weight excluding hydrogens is 264 g/mol. The summed E-state index contributed by atoms with van der Waals surface area (Å²) in [5, 5.41) is 2.61. The molecule has 2 rings (SSSR count). The van der Waals surface area contributed by atoms with Crippen molar-refractivity contribution < 1.29 is 0 Å². The van der Waals surface area contributed by atoms with Gasteiger partial charge in [-0.05, 0) is 30.2 Å². The number of rotatable bonds is 2. The molecule has 0 spiro atoms. The van der Waals surface area contributed by atoms with Crippen molar-refractivity contribution in [1.29, 1.82) is 0 Å². The predicted octanol–water partition coefficient (Wildman–Crippen LogP) is 5.15. The van der Waals surface area contributed by atoms with Crippen molar-refractivity contribution in [3.05, 3.63) is 39.0 Å². The Balaban J connectivity index is 2.69. The first kappa shape index (κ1) is 12.0. The first-order valence-corrected chi connectivity index (χ1v) is 6.19. The second kappa shape index (κ2) is 4.79. The molecule has 84 valence electrons. The van der Waals surface area contributed by atoms with E-state index in [1.165, 1.54) is 0 Å². The molecule has 1 nitrogen and oxygen atoms in total. The Morgan fingerprint density at radius 3 is 2.56 bits per heavy atom. The lowest BCUT2D eigenvalue weighted by Crippen LogP contribution is -1.90. The molecule has 0 aliphatic carbocycles. The highest BCUT2D eigenvalue weighted by molar-refractivity contribution is 6.38. The molecule has 0 N–H and O–H groups in total. The van der Waals surface area contributed by atoms with Gasteiger partial charge in [-0.2, -0.15) is 0 Å². The summed E-state index contributed by atoms with van der Waals surface area (Å²) in [6, 6.07) is 5.53. The lowest BCUT2D eigenvalue weighted by atomic mass is 10.1. The summed E-state index contributed by atoms with van der Waals surface area (Å²) < 4.78 is 0. The van der Waals surface area contributed by atoms with Gasteiger partial charge in [0.2, 0.25) is 0 Å². The molecule has 1 aromatic carbocycles. The van der Waals surface area contributed by atoms with Crippen LogP contribution < -0.4 is 0 Å². The number of pyridine rings is 1. The van der Waals surface area contributed by atoms with E-state index in [4.69, 9.17) is 34.8 Å². The topological polar surface area (TPSA) is 12.9 Å². The molecular formula is C12H10Cl3N. The standard InChI is InChI=1S/C12H10Cl3N/c1-2-3-7-4-8-5-9(13)6-10(14)11(8)16-12(7)15/h4-6H,2-3H2,1H3. The van der Waals surface area contributed by atoms with Gasteiger partial charge in [0.05, 0.1) is 10.5 Å². The third-order valence-corrected chi connectivity index (χ3v) is 3.22. The summed E-state index contributed by atoms with van der Waals surface area (Å²) in [5.74, 6) is 0. The van der Waals surface area contributed by atoms with Crippen LogP contribution in [0.2, 0.25) is 15.2 Å². The second-order valence-corrected chi connectivity index (χ2v) is 4.85. The molecule has 1 heterocycles. The predicted molar refractivity (Wildman–Crippen MR) is 70.8 cm³/mol. The lowest BCUT2D eigenvalue weighted by molar-refractivity contribution is 0.918. The average molecular weight is 275 g/mol. The monoisotopic (exact) mass is 273 g/mol. The van der Waals surface area contributed by atoms with E-state index < -0.39 is 0 Å². The Hall–Kier alpha value is -0.500. The van der Waals surface area contributed by atoms with Crippen LogP contribution in [-0.2, 0) is 6.42 Å². The number of aromatic nitrogens is 1. The molecule has 0 unspecified atom stereocenters. The van der Waals surface area contributed by atoms with Gasteiger partial charge in [0.1, 0.15) is 5.15 Å². The summed E-state index contributed by atoms with van der Waals surface area (Å²) >= 11 is 18.1. The fourth-order valence-electron chi connectivity index (χ4n) is 1.68. The molecule has 4 heteroatoms. The number of halogens is 3. The summed E-state index contributed by atoms with van der Waals surface area (Å²) in [5.41, 5.74) is 1.74. The minimum Gasteiger partial charge on any atom is -0.234 e. The van der Waals surface area contributed by atoms with Crippen molar-refractivity contribution >= 4 is 45.7 Å². The third kappa shape index (κ3) is 2.27. The van der Waals surface area contributed by atoms with E-state index in [-0.39, 0.29) is 0 Å². The Bertz CT molecular complexity index is 537. The number of hydrogen-bond donors (Lipinski definition) is 0. The Kier molecular flexibility index (Phi) is 3.58. The largest absolute Gasteiger partial charge is 0.234 e. The van der Waals surface area contributed by atoms with E-state index in [1.54, 1.807) is 6.07 Å².